The van der Waals surface area contributed by atoms with Crippen LogP contribution in [-0.4, -0.2) is 27.2 Å². The zero-order chi connectivity index (χ0) is 14.8. The lowest BCUT2D eigenvalue weighted by Gasteiger charge is -2.13. The van der Waals surface area contributed by atoms with Crippen LogP contribution < -0.4 is 11.1 Å². The van der Waals surface area contributed by atoms with Crippen molar-refractivity contribution in [3.63, 3.8) is 0 Å². The van der Waals surface area contributed by atoms with Gasteiger partial charge in [0.2, 0.25) is 0 Å². The van der Waals surface area contributed by atoms with Crippen molar-refractivity contribution in [2.24, 2.45) is 5.73 Å². The number of fused-ring (bicyclic) bond motifs is 1. The Labute approximate surface area is 120 Å². The van der Waals surface area contributed by atoms with E-state index in [0.29, 0.717) is 0 Å². The van der Waals surface area contributed by atoms with Crippen LogP contribution in [0.15, 0.2) is 18.5 Å². The zero-order valence-corrected chi connectivity index (χ0v) is 12.8. The van der Waals surface area contributed by atoms with Gasteiger partial charge in [0.1, 0.15) is 5.52 Å². The molecule has 0 aliphatic rings. The van der Waals surface area contributed by atoms with Gasteiger partial charge in [-0.05, 0) is 25.8 Å². The molecule has 5 heteroatoms. The molecule has 0 aliphatic carbocycles. The largest absolute Gasteiger partial charge is 0.368 e. The molecule has 2 heterocycles. The van der Waals surface area contributed by atoms with Crippen LogP contribution in [0.2, 0.25) is 0 Å². The first-order chi connectivity index (χ1) is 9.38. The van der Waals surface area contributed by atoms with Crippen LogP contribution in [0.3, 0.4) is 0 Å². The van der Waals surface area contributed by atoms with Gasteiger partial charge < -0.3 is 11.1 Å². The summed E-state index contributed by atoms with van der Waals surface area (Å²) in [5.74, 6) is 0.889. The summed E-state index contributed by atoms with van der Waals surface area (Å²) in [6, 6.07) is 2.36. The van der Waals surface area contributed by atoms with E-state index in [-0.39, 0.29) is 11.5 Å². The second-order valence-electron chi connectivity index (χ2n) is 6.43. The van der Waals surface area contributed by atoms with E-state index in [1.807, 2.05) is 17.6 Å². The summed E-state index contributed by atoms with van der Waals surface area (Å²) in [6.07, 6.45) is 5.72. The van der Waals surface area contributed by atoms with Crippen LogP contribution in [0, 0.1) is 0 Å². The van der Waals surface area contributed by atoms with Gasteiger partial charge in [-0.25, -0.2) is 9.50 Å². The Bertz CT molecular complexity index is 565. The highest BCUT2D eigenvalue weighted by Crippen LogP contribution is 2.24. The van der Waals surface area contributed by atoms with Crippen LogP contribution in [0.1, 0.15) is 46.2 Å². The zero-order valence-electron chi connectivity index (χ0n) is 12.8. The molecule has 0 amide bonds. The molecule has 1 unspecified atom stereocenters. The second kappa shape index (κ2) is 5.79. The molecule has 2 aromatic heterocycles. The number of nitrogens with one attached hydrogen (secondary N) is 1. The first-order valence-corrected chi connectivity index (χ1v) is 7.22. The third kappa shape index (κ3) is 3.48. The minimum absolute atomic E-state index is 0.0400. The van der Waals surface area contributed by atoms with E-state index in [9.17, 15) is 0 Å². The summed E-state index contributed by atoms with van der Waals surface area (Å²) in [4.78, 5) is 4.42. The molecule has 0 aliphatic heterocycles. The third-order valence-electron chi connectivity index (χ3n) is 3.29. The van der Waals surface area contributed by atoms with E-state index in [1.165, 1.54) is 0 Å². The molecule has 0 aromatic carbocycles. The number of nitrogens with zero attached hydrogens (tertiary/aromatic N) is 3. The smallest absolute Gasteiger partial charge is 0.152 e. The highest BCUT2D eigenvalue weighted by Gasteiger charge is 2.18. The fourth-order valence-electron chi connectivity index (χ4n) is 2.06. The molecule has 1 atom stereocenters. The van der Waals surface area contributed by atoms with Crippen molar-refractivity contribution < 1.29 is 0 Å². The molecule has 0 radical (unpaired) electrons. The predicted molar refractivity (Wildman–Crippen MR) is 83.1 cm³/mol. The molecular weight excluding hydrogens is 250 g/mol. The molecular formula is C15H25N5. The maximum atomic E-state index is 5.76. The van der Waals surface area contributed by atoms with Gasteiger partial charge in [-0.1, -0.05) is 20.8 Å². The molecule has 0 saturated carbocycles. The molecule has 0 bridgehead atoms. The molecule has 5 nitrogen and oxygen atoms in total. The Morgan fingerprint density at radius 3 is 2.80 bits per heavy atom. The van der Waals surface area contributed by atoms with Gasteiger partial charge in [0.05, 0.1) is 5.69 Å². The predicted octanol–water partition coefficient (Wildman–Crippen LogP) is 2.57. The van der Waals surface area contributed by atoms with E-state index >= 15 is 0 Å². The maximum Gasteiger partial charge on any atom is 0.152 e. The Morgan fingerprint density at radius 2 is 2.15 bits per heavy atom. The molecule has 0 saturated heterocycles. The lowest BCUT2D eigenvalue weighted by Crippen LogP contribution is -2.16. The molecule has 3 N–H and O–H groups in total. The molecule has 110 valence electrons. The highest BCUT2D eigenvalue weighted by molar-refractivity contribution is 5.68. The van der Waals surface area contributed by atoms with Crippen LogP contribution in [0.25, 0.3) is 5.52 Å². The first-order valence-electron chi connectivity index (χ1n) is 7.22. The van der Waals surface area contributed by atoms with Gasteiger partial charge in [0.25, 0.3) is 0 Å². The van der Waals surface area contributed by atoms with Gasteiger partial charge >= 0.3 is 0 Å². The summed E-state index contributed by atoms with van der Waals surface area (Å²) in [6.45, 7) is 9.41. The molecule has 0 fully saturated rings. The van der Waals surface area contributed by atoms with Gasteiger partial charge in [0, 0.05) is 30.4 Å². The first kappa shape index (κ1) is 14.8. The summed E-state index contributed by atoms with van der Waals surface area (Å²) < 4.78 is 1.89. The van der Waals surface area contributed by atoms with Gasteiger partial charge in [0.15, 0.2) is 5.82 Å². The van der Waals surface area contributed by atoms with E-state index < -0.39 is 0 Å². The van der Waals surface area contributed by atoms with Gasteiger partial charge in [-0.2, -0.15) is 5.10 Å². The van der Waals surface area contributed by atoms with Crippen molar-refractivity contribution in [1.29, 1.82) is 0 Å². The number of nitrogens with two attached hydrogens (primary N) is 1. The van der Waals surface area contributed by atoms with Crippen LogP contribution in [0.4, 0.5) is 5.82 Å². The van der Waals surface area contributed by atoms with Crippen molar-refractivity contribution in [3.8, 4) is 0 Å². The average molecular weight is 275 g/mol. The Kier molecular flexibility index (Phi) is 4.28. The summed E-state index contributed by atoms with van der Waals surface area (Å²) in [7, 11) is 0. The SMILES string of the molecule is CC(N)CCCNc1nccn2nc(C(C)(C)C)cc12. The quantitative estimate of drug-likeness (QED) is 0.823. The van der Waals surface area contributed by atoms with E-state index in [1.54, 1.807) is 6.20 Å². The normalized spacial score (nSPS) is 13.7. The minimum Gasteiger partial charge on any atom is -0.368 e. The number of anilines is 1. The fraction of sp³-hybridized carbons (Fsp3) is 0.600. The Hall–Kier alpha value is -1.62. The van der Waals surface area contributed by atoms with E-state index in [4.69, 9.17) is 5.73 Å². The number of aromatic nitrogens is 3. The lowest BCUT2D eigenvalue weighted by atomic mass is 9.92. The monoisotopic (exact) mass is 275 g/mol. The number of rotatable bonds is 5. The van der Waals surface area contributed by atoms with Gasteiger partial charge in [-0.3, -0.25) is 0 Å². The lowest BCUT2D eigenvalue weighted by molar-refractivity contribution is 0.562. The van der Waals surface area contributed by atoms with Gasteiger partial charge in [-0.15, -0.1) is 0 Å². The van der Waals surface area contributed by atoms with Crippen molar-refractivity contribution in [1.82, 2.24) is 14.6 Å². The fourth-order valence-corrected chi connectivity index (χ4v) is 2.06. The number of hydrogen-bond acceptors (Lipinski definition) is 4. The minimum atomic E-state index is 0.0400. The van der Waals surface area contributed by atoms with Crippen molar-refractivity contribution in [3.05, 3.63) is 24.2 Å². The molecule has 0 spiro atoms. The molecule has 2 rings (SSSR count). The Morgan fingerprint density at radius 1 is 1.40 bits per heavy atom. The van der Waals surface area contributed by atoms with Crippen molar-refractivity contribution in [2.75, 3.05) is 11.9 Å². The highest BCUT2D eigenvalue weighted by atomic mass is 15.2. The third-order valence-corrected chi connectivity index (χ3v) is 3.29. The van der Waals surface area contributed by atoms with Crippen LogP contribution in [0.5, 0.6) is 0 Å². The van der Waals surface area contributed by atoms with Crippen LogP contribution in [-0.2, 0) is 5.41 Å². The maximum absolute atomic E-state index is 5.76. The molecule has 2 aromatic rings. The number of hydrogen-bond donors (Lipinski definition) is 2. The van der Waals surface area contributed by atoms with Crippen molar-refractivity contribution >= 4 is 11.3 Å². The topological polar surface area (TPSA) is 68.2 Å². The average Bonchev–Trinajstić information content (AvgIpc) is 2.78. The summed E-state index contributed by atoms with van der Waals surface area (Å²) >= 11 is 0. The Balaban J connectivity index is 2.15. The summed E-state index contributed by atoms with van der Waals surface area (Å²) in [5, 5.41) is 8.00. The molecule has 20 heavy (non-hydrogen) atoms. The standard InChI is InChI=1S/C15H25N5/c1-11(16)6-5-7-17-14-12-10-13(15(2,3)4)19-20(12)9-8-18-14/h8-11H,5-7,16H2,1-4H3,(H,17,18). The summed E-state index contributed by atoms with van der Waals surface area (Å²) in [5.41, 5.74) is 7.90. The van der Waals surface area contributed by atoms with E-state index in [2.05, 4.69) is 42.2 Å². The second-order valence-corrected chi connectivity index (χ2v) is 6.43. The van der Waals surface area contributed by atoms with Crippen LogP contribution >= 0.6 is 0 Å². The van der Waals surface area contributed by atoms with Crippen molar-refractivity contribution in [2.45, 2.75) is 52.0 Å². The van der Waals surface area contributed by atoms with E-state index in [0.717, 1.165) is 36.4 Å².